The minimum Gasteiger partial charge on any atom is -0.481 e. The highest BCUT2D eigenvalue weighted by Crippen LogP contribution is 2.02. The zero-order chi connectivity index (χ0) is 8.10. The molecule has 0 aliphatic carbocycles. The van der Waals surface area contributed by atoms with E-state index < -0.39 is 5.97 Å². The molecular weight excluding hydrogens is 142 g/mol. The molecule has 11 heavy (non-hydrogen) atoms. The molecule has 1 heterocycles. The van der Waals surface area contributed by atoms with Crippen LogP contribution in [0.25, 0.3) is 0 Å². The first-order valence-corrected chi connectivity index (χ1v) is 3.60. The largest absolute Gasteiger partial charge is 0.481 e. The summed E-state index contributed by atoms with van der Waals surface area (Å²) < 4.78 is 0. The topological polar surface area (TPSA) is 49.3 Å². The summed E-state index contributed by atoms with van der Waals surface area (Å²) in [5.41, 5.74) is 0. The van der Waals surface area contributed by atoms with Crippen LogP contribution in [-0.4, -0.2) is 17.1 Å². The summed E-state index contributed by atoms with van der Waals surface area (Å²) in [6, 6.07) is 0.191. The van der Waals surface area contributed by atoms with E-state index in [-0.39, 0.29) is 12.5 Å². The van der Waals surface area contributed by atoms with Crippen molar-refractivity contribution in [2.75, 3.05) is 0 Å². The van der Waals surface area contributed by atoms with Crippen molar-refractivity contribution >= 4 is 5.97 Å². The van der Waals surface area contributed by atoms with Crippen LogP contribution < -0.4 is 5.32 Å². The van der Waals surface area contributed by atoms with Gasteiger partial charge in [-0.1, -0.05) is 12.2 Å². The van der Waals surface area contributed by atoms with Gasteiger partial charge in [0, 0.05) is 12.5 Å². The second kappa shape index (κ2) is 3.81. The number of hydrogen-bond acceptors (Lipinski definition) is 2. The second-order valence-corrected chi connectivity index (χ2v) is 2.45. The number of carbonyl (C=O) groups is 1. The Kier molecular flexibility index (Phi) is 2.72. The number of nitrogens with one attached hydrogen (secondary N) is 1. The fraction of sp³-hybridized carbons (Fsp3) is 0.375. The number of carboxylic acid groups (broad SMARTS) is 1. The lowest BCUT2D eigenvalue weighted by Gasteiger charge is -2.13. The first-order chi connectivity index (χ1) is 5.29. The summed E-state index contributed by atoms with van der Waals surface area (Å²) in [7, 11) is 0. The third-order valence-corrected chi connectivity index (χ3v) is 1.53. The fourth-order valence-electron chi connectivity index (χ4n) is 0.947. The van der Waals surface area contributed by atoms with E-state index >= 15 is 0 Å². The molecule has 0 aromatic rings. The zero-order valence-corrected chi connectivity index (χ0v) is 6.16. The van der Waals surface area contributed by atoms with Crippen molar-refractivity contribution in [3.8, 4) is 0 Å². The first-order valence-electron chi connectivity index (χ1n) is 3.60. The predicted molar refractivity (Wildman–Crippen MR) is 42.1 cm³/mol. The normalized spacial score (nSPS) is 21.3. The highest BCUT2D eigenvalue weighted by Gasteiger charge is 2.05. The maximum Gasteiger partial charge on any atom is 0.303 e. The lowest BCUT2D eigenvalue weighted by Crippen LogP contribution is -2.24. The van der Waals surface area contributed by atoms with Crippen molar-refractivity contribution < 1.29 is 9.90 Å². The number of aliphatic carboxylic acids is 1. The van der Waals surface area contributed by atoms with Crippen LogP contribution in [0.1, 0.15) is 12.8 Å². The molecule has 1 aliphatic heterocycles. The Balaban J connectivity index is 2.22. The van der Waals surface area contributed by atoms with E-state index in [9.17, 15) is 4.79 Å². The molecule has 3 nitrogen and oxygen atoms in total. The van der Waals surface area contributed by atoms with Crippen LogP contribution in [0, 0.1) is 0 Å². The zero-order valence-electron chi connectivity index (χ0n) is 6.16. The predicted octanol–water partition coefficient (Wildman–Crippen LogP) is 0.893. The Morgan fingerprint density at radius 1 is 1.55 bits per heavy atom. The SMILES string of the molecule is O=C(O)CCC1C=CC=CN1. The van der Waals surface area contributed by atoms with Gasteiger partial charge < -0.3 is 10.4 Å². The van der Waals surface area contributed by atoms with E-state index in [2.05, 4.69) is 5.32 Å². The van der Waals surface area contributed by atoms with Crippen molar-refractivity contribution in [1.29, 1.82) is 0 Å². The third-order valence-electron chi connectivity index (χ3n) is 1.53. The van der Waals surface area contributed by atoms with Crippen molar-refractivity contribution in [2.24, 2.45) is 0 Å². The Labute approximate surface area is 65.4 Å². The Morgan fingerprint density at radius 2 is 2.36 bits per heavy atom. The second-order valence-electron chi connectivity index (χ2n) is 2.45. The van der Waals surface area contributed by atoms with E-state index in [1.54, 1.807) is 0 Å². The molecule has 3 heteroatoms. The maximum absolute atomic E-state index is 10.2. The molecule has 0 amide bonds. The molecule has 0 spiro atoms. The van der Waals surface area contributed by atoms with Gasteiger partial charge in [-0.2, -0.15) is 0 Å². The minimum absolute atomic E-state index is 0.191. The summed E-state index contributed by atoms with van der Waals surface area (Å²) in [4.78, 5) is 10.2. The van der Waals surface area contributed by atoms with Crippen LogP contribution in [0.15, 0.2) is 24.4 Å². The quantitative estimate of drug-likeness (QED) is 0.633. The van der Waals surface area contributed by atoms with Gasteiger partial charge in [-0.3, -0.25) is 4.79 Å². The van der Waals surface area contributed by atoms with Crippen molar-refractivity contribution in [1.82, 2.24) is 5.32 Å². The number of rotatable bonds is 3. The van der Waals surface area contributed by atoms with Crippen molar-refractivity contribution in [3.63, 3.8) is 0 Å². The fourth-order valence-corrected chi connectivity index (χ4v) is 0.947. The summed E-state index contributed by atoms with van der Waals surface area (Å²) in [6.45, 7) is 0. The Bertz CT molecular complexity index is 196. The van der Waals surface area contributed by atoms with Crippen LogP contribution in [0.3, 0.4) is 0 Å². The summed E-state index contributed by atoms with van der Waals surface area (Å²) in [5.74, 6) is -0.741. The molecule has 1 aliphatic rings. The molecule has 0 radical (unpaired) electrons. The highest BCUT2D eigenvalue weighted by molar-refractivity contribution is 5.66. The molecule has 0 saturated heterocycles. The average molecular weight is 153 g/mol. The molecule has 0 bridgehead atoms. The van der Waals surface area contributed by atoms with Gasteiger partial charge in [0.25, 0.3) is 0 Å². The van der Waals surface area contributed by atoms with Crippen LogP contribution in [0.5, 0.6) is 0 Å². The molecule has 2 N–H and O–H groups in total. The molecule has 1 atom stereocenters. The minimum atomic E-state index is -0.741. The Hall–Kier alpha value is -1.25. The standard InChI is InChI=1S/C8H11NO2/c10-8(11)5-4-7-3-1-2-6-9-7/h1-3,6-7,9H,4-5H2,(H,10,11). The molecule has 60 valence electrons. The van der Waals surface area contributed by atoms with E-state index in [4.69, 9.17) is 5.11 Å². The van der Waals surface area contributed by atoms with Gasteiger partial charge in [0.2, 0.25) is 0 Å². The van der Waals surface area contributed by atoms with Crippen molar-refractivity contribution in [2.45, 2.75) is 18.9 Å². The van der Waals surface area contributed by atoms with Gasteiger partial charge in [-0.25, -0.2) is 0 Å². The first kappa shape index (κ1) is 7.85. The third kappa shape index (κ3) is 2.89. The molecule has 0 aromatic carbocycles. The van der Waals surface area contributed by atoms with E-state index in [0.29, 0.717) is 6.42 Å². The van der Waals surface area contributed by atoms with E-state index in [1.165, 1.54) is 0 Å². The van der Waals surface area contributed by atoms with Crippen LogP contribution >= 0.6 is 0 Å². The number of allylic oxidation sites excluding steroid dienone is 2. The Morgan fingerprint density at radius 3 is 2.91 bits per heavy atom. The monoisotopic (exact) mass is 153 g/mol. The van der Waals surface area contributed by atoms with Gasteiger partial charge in [0.15, 0.2) is 0 Å². The molecule has 1 rings (SSSR count). The molecule has 0 saturated carbocycles. The van der Waals surface area contributed by atoms with Crippen LogP contribution in [0.4, 0.5) is 0 Å². The lowest BCUT2D eigenvalue weighted by atomic mass is 10.1. The maximum atomic E-state index is 10.2. The van der Waals surface area contributed by atoms with Gasteiger partial charge in [0.1, 0.15) is 0 Å². The van der Waals surface area contributed by atoms with Gasteiger partial charge in [-0.15, -0.1) is 0 Å². The highest BCUT2D eigenvalue weighted by atomic mass is 16.4. The van der Waals surface area contributed by atoms with Gasteiger partial charge >= 0.3 is 5.97 Å². The summed E-state index contributed by atoms with van der Waals surface area (Å²) >= 11 is 0. The van der Waals surface area contributed by atoms with E-state index in [0.717, 1.165) is 0 Å². The molecule has 1 unspecified atom stereocenters. The molecule has 0 fully saturated rings. The average Bonchev–Trinajstić information content (AvgIpc) is 2.03. The number of hydrogen-bond donors (Lipinski definition) is 2. The van der Waals surface area contributed by atoms with Crippen molar-refractivity contribution in [3.05, 3.63) is 24.4 Å². The summed E-state index contributed by atoms with van der Waals surface area (Å²) in [6.07, 6.45) is 8.46. The number of carboxylic acids is 1. The van der Waals surface area contributed by atoms with Gasteiger partial charge in [0.05, 0.1) is 0 Å². The smallest absolute Gasteiger partial charge is 0.303 e. The number of dihydropyridines is 1. The van der Waals surface area contributed by atoms with Crippen LogP contribution in [-0.2, 0) is 4.79 Å². The molecule has 0 aromatic heterocycles. The summed E-state index contributed by atoms with van der Waals surface area (Å²) in [5, 5.41) is 11.4. The molecular formula is C8H11NO2. The van der Waals surface area contributed by atoms with E-state index in [1.807, 2.05) is 24.4 Å². The lowest BCUT2D eigenvalue weighted by molar-refractivity contribution is -0.137. The van der Waals surface area contributed by atoms with Gasteiger partial charge in [-0.05, 0) is 18.7 Å². The van der Waals surface area contributed by atoms with Crippen LogP contribution in [0.2, 0.25) is 0 Å².